The number of hydrogen-bond donors (Lipinski definition) is 1. The van der Waals surface area contributed by atoms with Crippen LogP contribution in [0.25, 0.3) is 22.5 Å². The first-order valence-corrected chi connectivity index (χ1v) is 14.9. The van der Waals surface area contributed by atoms with Crippen molar-refractivity contribution in [3.8, 4) is 22.5 Å². The zero-order chi connectivity index (χ0) is 31.7. The predicted molar refractivity (Wildman–Crippen MR) is 151 cm³/mol. The summed E-state index contributed by atoms with van der Waals surface area (Å²) in [6, 6.07) is 5.82. The Morgan fingerprint density at radius 2 is 1.11 bits per heavy atom. The summed E-state index contributed by atoms with van der Waals surface area (Å²) in [6.45, 7) is 1.82. The molecule has 4 fully saturated rings. The summed E-state index contributed by atoms with van der Waals surface area (Å²) in [7, 11) is 0. The molecule has 1 N–H and O–H groups in total. The second-order valence-electron chi connectivity index (χ2n) is 12.7. The lowest BCUT2D eigenvalue weighted by Gasteiger charge is -2.54. The van der Waals surface area contributed by atoms with Crippen LogP contribution in [0.3, 0.4) is 0 Å². The Bertz CT molecular complexity index is 1760. The second-order valence-corrected chi connectivity index (χ2v) is 12.7. The maximum atomic E-state index is 15.4. The molecule has 4 aliphatic carbocycles. The van der Waals surface area contributed by atoms with Crippen molar-refractivity contribution in [2.45, 2.75) is 51.5 Å². The first-order valence-electron chi connectivity index (χ1n) is 14.9. The summed E-state index contributed by atoms with van der Waals surface area (Å²) in [5.74, 6) is -15.3. The molecule has 2 aromatic carbocycles. The fourth-order valence-electron chi connectivity index (χ4n) is 7.96. The molecule has 4 bridgehead atoms. The Hall–Kier alpha value is -4.02. The third kappa shape index (κ3) is 4.95. The van der Waals surface area contributed by atoms with Crippen molar-refractivity contribution in [3.05, 3.63) is 99.9 Å². The molecular formula is C34H27F8N3. The largest absolute Gasteiger partial charge is 0.377 e. The Balaban J connectivity index is 1.24. The molecule has 0 amide bonds. The van der Waals surface area contributed by atoms with Gasteiger partial charge in [-0.05, 0) is 98.1 Å². The lowest BCUT2D eigenvalue weighted by Crippen LogP contribution is -2.51. The Morgan fingerprint density at radius 1 is 0.622 bits per heavy atom. The minimum Gasteiger partial charge on any atom is -0.377 e. The van der Waals surface area contributed by atoms with Crippen molar-refractivity contribution in [2.24, 2.45) is 23.7 Å². The third-order valence-corrected chi connectivity index (χ3v) is 9.79. The quantitative estimate of drug-likeness (QED) is 0.171. The molecule has 3 nitrogen and oxygen atoms in total. The highest BCUT2D eigenvalue weighted by molar-refractivity contribution is 5.71. The summed E-state index contributed by atoms with van der Waals surface area (Å²) in [5.41, 5.74) is -4.07. The van der Waals surface area contributed by atoms with Gasteiger partial charge in [0, 0.05) is 30.4 Å². The SMILES string of the molecule is Cc1ccnc(-c2cc(Cc3c(F)c(F)c(-c4c(F)c(F)c(NC5C6CC7CC(C6)CC5C7)c(F)c4F)c(F)c3F)ccn2)c1. The minimum atomic E-state index is -2.18. The van der Waals surface area contributed by atoms with Crippen molar-refractivity contribution in [3.63, 3.8) is 0 Å². The van der Waals surface area contributed by atoms with Gasteiger partial charge in [0.2, 0.25) is 0 Å². The van der Waals surface area contributed by atoms with E-state index in [0.717, 1.165) is 37.7 Å². The fourth-order valence-corrected chi connectivity index (χ4v) is 7.96. The van der Waals surface area contributed by atoms with Gasteiger partial charge in [-0.3, -0.25) is 9.97 Å². The van der Waals surface area contributed by atoms with Gasteiger partial charge in [0.25, 0.3) is 0 Å². The molecule has 234 valence electrons. The van der Waals surface area contributed by atoms with Crippen LogP contribution in [0.5, 0.6) is 0 Å². The number of pyridine rings is 2. The predicted octanol–water partition coefficient (Wildman–Crippen LogP) is 9.06. The minimum absolute atomic E-state index is 0.0704. The van der Waals surface area contributed by atoms with Gasteiger partial charge in [-0.1, -0.05) is 0 Å². The normalized spacial score (nSPS) is 23.5. The van der Waals surface area contributed by atoms with Gasteiger partial charge in [0.1, 0.15) is 5.69 Å². The number of nitrogens with zero attached hydrogens (tertiary/aromatic N) is 2. The zero-order valence-corrected chi connectivity index (χ0v) is 24.0. The summed E-state index contributed by atoms with van der Waals surface area (Å²) in [4.78, 5) is 8.36. The summed E-state index contributed by atoms with van der Waals surface area (Å²) in [6.07, 6.45) is 6.64. The molecule has 4 aliphatic rings. The number of hydrogen-bond acceptors (Lipinski definition) is 3. The van der Waals surface area contributed by atoms with Gasteiger partial charge in [0.15, 0.2) is 46.5 Å². The molecule has 4 saturated carbocycles. The van der Waals surface area contributed by atoms with E-state index in [1.54, 1.807) is 12.1 Å². The molecule has 0 radical (unpaired) electrons. The molecule has 8 rings (SSSR count). The van der Waals surface area contributed by atoms with E-state index in [-0.39, 0.29) is 17.4 Å². The first kappa shape index (κ1) is 29.7. The Morgan fingerprint density at radius 3 is 1.64 bits per heavy atom. The fraction of sp³-hybridized carbons (Fsp3) is 0.353. The van der Waals surface area contributed by atoms with Gasteiger partial charge in [-0.25, -0.2) is 35.1 Å². The number of benzene rings is 2. The van der Waals surface area contributed by atoms with Crippen molar-refractivity contribution in [1.29, 1.82) is 0 Å². The van der Waals surface area contributed by atoms with Crippen LogP contribution in [0.4, 0.5) is 40.8 Å². The number of nitrogens with one attached hydrogen (secondary N) is 1. The topological polar surface area (TPSA) is 37.8 Å². The first-order chi connectivity index (χ1) is 21.5. The highest BCUT2D eigenvalue weighted by atomic mass is 19.2. The van der Waals surface area contributed by atoms with Crippen LogP contribution in [0.1, 0.15) is 48.8 Å². The van der Waals surface area contributed by atoms with E-state index in [9.17, 15) is 0 Å². The van der Waals surface area contributed by atoms with Crippen molar-refractivity contribution < 1.29 is 35.1 Å². The maximum absolute atomic E-state index is 15.4. The lowest BCUT2D eigenvalue weighted by atomic mass is 9.54. The monoisotopic (exact) mass is 629 g/mol. The number of anilines is 1. The van der Waals surface area contributed by atoms with E-state index in [2.05, 4.69) is 15.3 Å². The molecule has 2 heterocycles. The third-order valence-electron chi connectivity index (χ3n) is 9.79. The van der Waals surface area contributed by atoms with Crippen LogP contribution in [-0.4, -0.2) is 16.0 Å². The molecule has 0 aliphatic heterocycles. The van der Waals surface area contributed by atoms with Crippen LogP contribution in [0, 0.1) is 77.1 Å². The van der Waals surface area contributed by atoms with E-state index >= 15 is 35.1 Å². The van der Waals surface area contributed by atoms with Crippen molar-refractivity contribution in [2.75, 3.05) is 5.32 Å². The zero-order valence-electron chi connectivity index (χ0n) is 24.0. The van der Waals surface area contributed by atoms with E-state index < -0.39 is 81.4 Å². The number of halogens is 8. The summed E-state index contributed by atoms with van der Waals surface area (Å²) in [5, 5.41) is 2.65. The van der Waals surface area contributed by atoms with Gasteiger partial charge in [0.05, 0.1) is 22.5 Å². The Labute approximate surface area is 253 Å². The molecule has 11 heteroatoms. The molecule has 0 unspecified atom stereocenters. The molecule has 0 saturated heterocycles. The summed E-state index contributed by atoms with van der Waals surface area (Å²) < 4.78 is 123. The van der Waals surface area contributed by atoms with E-state index in [0.29, 0.717) is 23.2 Å². The maximum Gasteiger partial charge on any atom is 0.185 e. The second kappa shape index (κ2) is 11.1. The lowest BCUT2D eigenvalue weighted by molar-refractivity contribution is 0.00730. The van der Waals surface area contributed by atoms with Gasteiger partial charge in [-0.15, -0.1) is 0 Å². The molecule has 0 atom stereocenters. The van der Waals surface area contributed by atoms with E-state index in [1.165, 1.54) is 24.5 Å². The molecule has 0 spiro atoms. The van der Waals surface area contributed by atoms with E-state index in [4.69, 9.17) is 0 Å². The van der Waals surface area contributed by atoms with Crippen LogP contribution in [0.15, 0.2) is 36.7 Å². The number of aromatic nitrogens is 2. The number of aryl methyl sites for hydroxylation is 1. The van der Waals surface area contributed by atoms with Crippen molar-refractivity contribution in [1.82, 2.24) is 9.97 Å². The van der Waals surface area contributed by atoms with Gasteiger partial charge in [-0.2, -0.15) is 0 Å². The van der Waals surface area contributed by atoms with E-state index in [1.807, 2.05) is 6.92 Å². The highest BCUT2D eigenvalue weighted by Crippen LogP contribution is 2.54. The highest BCUT2D eigenvalue weighted by Gasteiger charge is 2.49. The van der Waals surface area contributed by atoms with Crippen LogP contribution in [-0.2, 0) is 6.42 Å². The van der Waals surface area contributed by atoms with Crippen molar-refractivity contribution >= 4 is 5.69 Å². The van der Waals surface area contributed by atoms with Crippen LogP contribution >= 0.6 is 0 Å². The molecule has 45 heavy (non-hydrogen) atoms. The molecule has 2 aromatic heterocycles. The average molecular weight is 630 g/mol. The van der Waals surface area contributed by atoms with Crippen LogP contribution in [0.2, 0.25) is 0 Å². The number of rotatable bonds is 6. The molecule has 4 aromatic rings. The van der Waals surface area contributed by atoms with Gasteiger partial charge < -0.3 is 5.32 Å². The van der Waals surface area contributed by atoms with Crippen LogP contribution < -0.4 is 5.32 Å². The van der Waals surface area contributed by atoms with Gasteiger partial charge >= 0.3 is 0 Å². The Kier molecular flexibility index (Phi) is 7.32. The standard InChI is InChI=1S/C34H27F8N3/c1-14-2-4-43-21(6-14)22-13-15(3-5-44-22)12-20-25(35)27(37)23(28(38)26(20)36)24-29(39)31(41)34(32(42)30(24)40)45-33-18-8-16-7-17(10-18)11-19(33)9-16/h2-6,13,16-19,33,45H,7-12H2,1H3. The average Bonchev–Trinajstić information content (AvgIpc) is 3.02. The molecular weight excluding hydrogens is 602 g/mol. The smallest absolute Gasteiger partial charge is 0.185 e. The summed E-state index contributed by atoms with van der Waals surface area (Å²) >= 11 is 0.